The maximum atomic E-state index is 11.9. The molecular formula is C13H26N2O. The van der Waals surface area contributed by atoms with E-state index in [2.05, 4.69) is 26.1 Å². The van der Waals surface area contributed by atoms with Crippen LogP contribution >= 0.6 is 0 Å². The third kappa shape index (κ3) is 2.57. The largest absolute Gasteiger partial charge is 0.368 e. The van der Waals surface area contributed by atoms with Gasteiger partial charge in [-0.3, -0.25) is 4.79 Å². The standard InChI is InChI=1S/C13H26N2O/c1-4-9-15-13(12(14)16)8-6-5-7-11(13)10(2)3/h10-11,15H,4-9H2,1-3H3,(H2,14,16). The summed E-state index contributed by atoms with van der Waals surface area (Å²) in [5, 5.41) is 3.44. The van der Waals surface area contributed by atoms with Crippen LogP contribution in [0.3, 0.4) is 0 Å². The number of hydrogen-bond acceptors (Lipinski definition) is 2. The monoisotopic (exact) mass is 226 g/mol. The van der Waals surface area contributed by atoms with Crippen LogP contribution in [0.4, 0.5) is 0 Å². The molecule has 1 fully saturated rings. The topological polar surface area (TPSA) is 55.1 Å². The van der Waals surface area contributed by atoms with Crippen LogP contribution < -0.4 is 11.1 Å². The fraction of sp³-hybridized carbons (Fsp3) is 0.923. The van der Waals surface area contributed by atoms with E-state index in [-0.39, 0.29) is 5.91 Å². The molecule has 2 unspecified atom stereocenters. The minimum absolute atomic E-state index is 0.153. The summed E-state index contributed by atoms with van der Waals surface area (Å²) in [6.45, 7) is 7.39. The highest BCUT2D eigenvalue weighted by Gasteiger charge is 2.46. The molecule has 1 amide bonds. The molecule has 0 aromatic carbocycles. The van der Waals surface area contributed by atoms with Gasteiger partial charge in [0, 0.05) is 0 Å². The molecule has 1 rings (SSSR count). The van der Waals surface area contributed by atoms with Gasteiger partial charge in [-0.25, -0.2) is 0 Å². The predicted octanol–water partition coefficient (Wildman–Crippen LogP) is 2.06. The number of rotatable bonds is 5. The minimum atomic E-state index is -0.442. The van der Waals surface area contributed by atoms with Crippen LogP contribution in [0.1, 0.15) is 52.9 Å². The van der Waals surface area contributed by atoms with Gasteiger partial charge in [-0.15, -0.1) is 0 Å². The average molecular weight is 226 g/mol. The zero-order valence-electron chi connectivity index (χ0n) is 10.9. The first-order chi connectivity index (χ1) is 7.54. The molecule has 0 radical (unpaired) electrons. The Morgan fingerprint density at radius 2 is 2.19 bits per heavy atom. The molecule has 2 atom stereocenters. The van der Waals surface area contributed by atoms with E-state index in [0.717, 1.165) is 32.2 Å². The molecule has 1 aliphatic rings. The van der Waals surface area contributed by atoms with Crippen molar-refractivity contribution in [1.82, 2.24) is 5.32 Å². The predicted molar refractivity (Wildman–Crippen MR) is 67.0 cm³/mol. The van der Waals surface area contributed by atoms with Crippen molar-refractivity contribution in [1.29, 1.82) is 0 Å². The second kappa shape index (κ2) is 5.67. The van der Waals surface area contributed by atoms with E-state index in [0.29, 0.717) is 11.8 Å². The maximum Gasteiger partial charge on any atom is 0.238 e. The third-order valence-corrected chi connectivity index (χ3v) is 3.90. The Kier molecular flexibility index (Phi) is 4.78. The summed E-state index contributed by atoms with van der Waals surface area (Å²) < 4.78 is 0. The summed E-state index contributed by atoms with van der Waals surface area (Å²) in [6.07, 6.45) is 5.41. The van der Waals surface area contributed by atoms with Gasteiger partial charge in [0.25, 0.3) is 0 Å². The number of hydrogen-bond donors (Lipinski definition) is 2. The molecule has 1 aliphatic carbocycles. The van der Waals surface area contributed by atoms with Gasteiger partial charge in [-0.1, -0.05) is 33.6 Å². The zero-order valence-corrected chi connectivity index (χ0v) is 10.9. The lowest BCUT2D eigenvalue weighted by Gasteiger charge is -2.44. The number of nitrogens with one attached hydrogen (secondary N) is 1. The molecule has 0 aromatic heterocycles. The fourth-order valence-electron chi connectivity index (χ4n) is 3.06. The Balaban J connectivity index is 2.88. The van der Waals surface area contributed by atoms with E-state index in [1.807, 2.05) is 0 Å². The zero-order chi connectivity index (χ0) is 12.2. The molecule has 0 saturated heterocycles. The van der Waals surface area contributed by atoms with Gasteiger partial charge in [0.1, 0.15) is 5.54 Å². The maximum absolute atomic E-state index is 11.9. The van der Waals surface area contributed by atoms with Crippen molar-refractivity contribution in [3.05, 3.63) is 0 Å². The Morgan fingerprint density at radius 1 is 1.50 bits per heavy atom. The molecule has 0 aromatic rings. The molecule has 94 valence electrons. The Morgan fingerprint density at radius 3 is 2.69 bits per heavy atom. The Labute approximate surface area is 99.2 Å². The molecule has 0 spiro atoms. The molecule has 3 nitrogen and oxygen atoms in total. The first-order valence-corrected chi connectivity index (χ1v) is 6.59. The van der Waals surface area contributed by atoms with Crippen molar-refractivity contribution in [2.24, 2.45) is 17.6 Å². The van der Waals surface area contributed by atoms with Gasteiger partial charge in [-0.2, -0.15) is 0 Å². The van der Waals surface area contributed by atoms with Crippen molar-refractivity contribution in [3.8, 4) is 0 Å². The molecule has 0 aliphatic heterocycles. The van der Waals surface area contributed by atoms with E-state index >= 15 is 0 Å². The van der Waals surface area contributed by atoms with Gasteiger partial charge in [-0.05, 0) is 37.6 Å². The van der Waals surface area contributed by atoms with Crippen molar-refractivity contribution < 1.29 is 4.79 Å². The van der Waals surface area contributed by atoms with Crippen molar-refractivity contribution in [2.45, 2.75) is 58.4 Å². The molecule has 3 heteroatoms. The highest BCUT2D eigenvalue weighted by atomic mass is 16.1. The number of primary amides is 1. The molecular weight excluding hydrogens is 200 g/mol. The van der Waals surface area contributed by atoms with Crippen molar-refractivity contribution in [2.75, 3.05) is 6.54 Å². The molecule has 16 heavy (non-hydrogen) atoms. The lowest BCUT2D eigenvalue weighted by Crippen LogP contribution is -2.62. The fourth-order valence-corrected chi connectivity index (χ4v) is 3.06. The van der Waals surface area contributed by atoms with Crippen LogP contribution in [0.2, 0.25) is 0 Å². The molecule has 3 N–H and O–H groups in total. The number of nitrogens with two attached hydrogens (primary N) is 1. The van der Waals surface area contributed by atoms with E-state index in [1.165, 1.54) is 6.42 Å². The Bertz CT molecular complexity index is 240. The Hall–Kier alpha value is -0.570. The van der Waals surface area contributed by atoms with Gasteiger partial charge in [0.2, 0.25) is 5.91 Å². The van der Waals surface area contributed by atoms with Crippen LogP contribution in [0.5, 0.6) is 0 Å². The average Bonchev–Trinajstić information content (AvgIpc) is 2.26. The molecule has 0 bridgehead atoms. The van der Waals surface area contributed by atoms with Crippen LogP contribution in [0.25, 0.3) is 0 Å². The summed E-state index contributed by atoms with van der Waals surface area (Å²) in [5.74, 6) is 0.752. The first-order valence-electron chi connectivity index (χ1n) is 6.59. The summed E-state index contributed by atoms with van der Waals surface area (Å²) in [6, 6.07) is 0. The van der Waals surface area contributed by atoms with Crippen LogP contribution in [-0.2, 0) is 4.79 Å². The highest BCUT2D eigenvalue weighted by molar-refractivity contribution is 5.85. The van der Waals surface area contributed by atoms with E-state index in [1.54, 1.807) is 0 Å². The quantitative estimate of drug-likeness (QED) is 0.754. The van der Waals surface area contributed by atoms with Gasteiger partial charge in [0.15, 0.2) is 0 Å². The highest BCUT2D eigenvalue weighted by Crippen LogP contribution is 2.38. The van der Waals surface area contributed by atoms with Crippen molar-refractivity contribution in [3.63, 3.8) is 0 Å². The van der Waals surface area contributed by atoms with Crippen LogP contribution in [-0.4, -0.2) is 18.0 Å². The minimum Gasteiger partial charge on any atom is -0.368 e. The normalized spacial score (nSPS) is 30.6. The van der Waals surface area contributed by atoms with Crippen LogP contribution in [0.15, 0.2) is 0 Å². The molecule has 1 saturated carbocycles. The second-order valence-electron chi connectivity index (χ2n) is 5.36. The van der Waals surface area contributed by atoms with E-state index < -0.39 is 5.54 Å². The van der Waals surface area contributed by atoms with Crippen molar-refractivity contribution >= 4 is 5.91 Å². The first kappa shape index (κ1) is 13.5. The lowest BCUT2D eigenvalue weighted by molar-refractivity contribution is -0.129. The summed E-state index contributed by atoms with van der Waals surface area (Å²) in [4.78, 5) is 11.9. The van der Waals surface area contributed by atoms with E-state index in [4.69, 9.17) is 5.73 Å². The molecule has 0 heterocycles. The smallest absolute Gasteiger partial charge is 0.238 e. The number of carbonyl (C=O) groups is 1. The third-order valence-electron chi connectivity index (χ3n) is 3.90. The van der Waals surface area contributed by atoms with Crippen LogP contribution in [0, 0.1) is 11.8 Å². The summed E-state index contributed by atoms with van der Waals surface area (Å²) in [5.41, 5.74) is 5.23. The van der Waals surface area contributed by atoms with Gasteiger partial charge < -0.3 is 11.1 Å². The van der Waals surface area contributed by atoms with E-state index in [9.17, 15) is 4.79 Å². The summed E-state index contributed by atoms with van der Waals surface area (Å²) in [7, 11) is 0. The number of amides is 1. The van der Waals surface area contributed by atoms with Gasteiger partial charge in [0.05, 0.1) is 0 Å². The SMILES string of the molecule is CCCNC1(C(N)=O)CCCCC1C(C)C. The number of carbonyl (C=O) groups excluding carboxylic acids is 1. The van der Waals surface area contributed by atoms with Gasteiger partial charge >= 0.3 is 0 Å². The summed E-state index contributed by atoms with van der Waals surface area (Å²) >= 11 is 0. The second-order valence-corrected chi connectivity index (χ2v) is 5.36. The lowest BCUT2D eigenvalue weighted by atomic mass is 9.67.